The Hall–Kier alpha value is -0.720. The smallest absolute Gasteiger partial charge is 0.191 e. The Morgan fingerprint density at radius 2 is 2.12 bits per heavy atom. The maximum absolute atomic E-state index is 5.24. The van der Waals surface area contributed by atoms with E-state index in [0.717, 1.165) is 11.7 Å². The largest absolute Gasteiger partial charge is 0.467 e. The van der Waals surface area contributed by atoms with Crippen LogP contribution in [0.4, 0.5) is 0 Å². The maximum Gasteiger partial charge on any atom is 0.191 e. The molecular formula is C12H22IN3O. The molecule has 98 valence electrons. The topological polar surface area (TPSA) is 49.6 Å². The van der Waals surface area contributed by atoms with Gasteiger partial charge in [0.1, 0.15) is 5.76 Å². The molecule has 0 amide bonds. The van der Waals surface area contributed by atoms with Gasteiger partial charge in [-0.05, 0) is 25.0 Å². The van der Waals surface area contributed by atoms with Crippen molar-refractivity contribution in [2.75, 3.05) is 7.05 Å². The highest BCUT2D eigenvalue weighted by molar-refractivity contribution is 14.0. The molecule has 0 aliphatic rings. The molecule has 1 aromatic heterocycles. The van der Waals surface area contributed by atoms with Crippen LogP contribution in [-0.4, -0.2) is 19.0 Å². The normalized spacial score (nSPS) is 13.1. The summed E-state index contributed by atoms with van der Waals surface area (Å²) < 4.78 is 5.24. The summed E-state index contributed by atoms with van der Waals surface area (Å²) in [6, 6.07) is 4.21. The first-order valence-electron chi connectivity index (χ1n) is 5.63. The molecule has 0 saturated carbocycles. The van der Waals surface area contributed by atoms with Crippen molar-refractivity contribution in [1.82, 2.24) is 10.6 Å². The number of nitrogens with zero attached hydrogens (tertiary/aromatic N) is 1. The number of hydrogen-bond donors (Lipinski definition) is 2. The van der Waals surface area contributed by atoms with Gasteiger partial charge < -0.3 is 15.1 Å². The molecule has 1 unspecified atom stereocenters. The van der Waals surface area contributed by atoms with Gasteiger partial charge in [0, 0.05) is 13.1 Å². The van der Waals surface area contributed by atoms with Crippen molar-refractivity contribution in [3.05, 3.63) is 24.2 Å². The van der Waals surface area contributed by atoms with Crippen molar-refractivity contribution < 1.29 is 4.42 Å². The van der Waals surface area contributed by atoms with E-state index in [2.05, 4.69) is 36.4 Å². The van der Waals surface area contributed by atoms with Gasteiger partial charge in [0.05, 0.1) is 12.8 Å². The summed E-state index contributed by atoms with van der Waals surface area (Å²) in [5.41, 5.74) is 0. The second-order valence-electron chi connectivity index (χ2n) is 4.18. The van der Waals surface area contributed by atoms with Crippen molar-refractivity contribution in [2.45, 2.75) is 33.4 Å². The van der Waals surface area contributed by atoms with Crippen molar-refractivity contribution in [3.63, 3.8) is 0 Å². The van der Waals surface area contributed by atoms with Gasteiger partial charge in [-0.1, -0.05) is 13.8 Å². The number of guanidine groups is 1. The van der Waals surface area contributed by atoms with E-state index < -0.39 is 0 Å². The van der Waals surface area contributed by atoms with Gasteiger partial charge in [-0.15, -0.1) is 24.0 Å². The van der Waals surface area contributed by atoms with Crippen molar-refractivity contribution in [1.29, 1.82) is 0 Å². The Kier molecular flexibility index (Phi) is 8.03. The molecule has 2 N–H and O–H groups in total. The Morgan fingerprint density at radius 1 is 1.41 bits per heavy atom. The summed E-state index contributed by atoms with van der Waals surface area (Å²) in [7, 11) is 1.77. The summed E-state index contributed by atoms with van der Waals surface area (Å²) in [6.45, 7) is 7.15. The molecule has 1 heterocycles. The fraction of sp³-hybridized carbons (Fsp3) is 0.583. The third-order valence-corrected chi connectivity index (χ3v) is 2.60. The molecular weight excluding hydrogens is 329 g/mol. The van der Waals surface area contributed by atoms with E-state index in [0.29, 0.717) is 18.5 Å². The first kappa shape index (κ1) is 16.3. The Bertz CT molecular complexity index is 323. The molecule has 1 aromatic rings. The number of aliphatic imine (C=N–C) groups is 1. The number of halogens is 1. The van der Waals surface area contributed by atoms with E-state index in [9.17, 15) is 0 Å². The van der Waals surface area contributed by atoms with Gasteiger partial charge in [0.15, 0.2) is 5.96 Å². The summed E-state index contributed by atoms with van der Waals surface area (Å²) in [5, 5.41) is 6.53. The van der Waals surface area contributed by atoms with Crippen LogP contribution in [0, 0.1) is 5.92 Å². The Balaban J connectivity index is 0.00000256. The quantitative estimate of drug-likeness (QED) is 0.498. The molecule has 0 saturated heterocycles. The van der Waals surface area contributed by atoms with Gasteiger partial charge in [-0.2, -0.15) is 0 Å². The fourth-order valence-corrected chi connectivity index (χ4v) is 1.16. The summed E-state index contributed by atoms with van der Waals surface area (Å²) in [6.07, 6.45) is 1.67. The molecule has 0 aliphatic heterocycles. The predicted molar refractivity (Wildman–Crippen MR) is 81.8 cm³/mol. The molecule has 0 bridgehead atoms. The van der Waals surface area contributed by atoms with Crippen LogP contribution >= 0.6 is 24.0 Å². The van der Waals surface area contributed by atoms with Crippen LogP contribution in [0.25, 0.3) is 0 Å². The first-order chi connectivity index (χ1) is 7.63. The summed E-state index contributed by atoms with van der Waals surface area (Å²) in [4.78, 5) is 4.16. The number of furan rings is 1. The average Bonchev–Trinajstić information content (AvgIpc) is 2.76. The zero-order chi connectivity index (χ0) is 12.0. The second-order valence-corrected chi connectivity index (χ2v) is 4.18. The average molecular weight is 351 g/mol. The van der Waals surface area contributed by atoms with Crippen LogP contribution in [-0.2, 0) is 6.54 Å². The molecule has 17 heavy (non-hydrogen) atoms. The molecule has 0 radical (unpaired) electrons. The monoisotopic (exact) mass is 351 g/mol. The van der Waals surface area contributed by atoms with Crippen molar-refractivity contribution >= 4 is 29.9 Å². The summed E-state index contributed by atoms with van der Waals surface area (Å²) in [5.74, 6) is 2.28. The van der Waals surface area contributed by atoms with E-state index in [1.165, 1.54) is 0 Å². The highest BCUT2D eigenvalue weighted by Crippen LogP contribution is 2.00. The SMILES string of the molecule is CN=C(NCc1ccco1)NC(C)C(C)C.I. The number of rotatable bonds is 4. The number of nitrogens with one attached hydrogen (secondary N) is 2. The number of hydrogen-bond acceptors (Lipinski definition) is 2. The first-order valence-corrected chi connectivity index (χ1v) is 5.63. The summed E-state index contributed by atoms with van der Waals surface area (Å²) >= 11 is 0. The Labute approximate surface area is 120 Å². The lowest BCUT2D eigenvalue weighted by atomic mass is 10.1. The third-order valence-electron chi connectivity index (χ3n) is 2.60. The van der Waals surface area contributed by atoms with Crippen LogP contribution < -0.4 is 10.6 Å². The highest BCUT2D eigenvalue weighted by Gasteiger charge is 2.08. The molecule has 0 fully saturated rings. The molecule has 0 aliphatic carbocycles. The van der Waals surface area contributed by atoms with E-state index in [-0.39, 0.29) is 24.0 Å². The van der Waals surface area contributed by atoms with Crippen LogP contribution in [0.3, 0.4) is 0 Å². The van der Waals surface area contributed by atoms with Gasteiger partial charge >= 0.3 is 0 Å². The van der Waals surface area contributed by atoms with Gasteiger partial charge in [0.25, 0.3) is 0 Å². The van der Waals surface area contributed by atoms with Crippen LogP contribution in [0.2, 0.25) is 0 Å². The molecule has 5 heteroatoms. The minimum absolute atomic E-state index is 0. The molecule has 1 rings (SSSR count). The predicted octanol–water partition coefficient (Wildman–Crippen LogP) is 2.61. The van der Waals surface area contributed by atoms with Gasteiger partial charge in [-0.3, -0.25) is 4.99 Å². The zero-order valence-corrected chi connectivity index (χ0v) is 13.2. The minimum atomic E-state index is 0. The molecule has 1 atom stereocenters. The van der Waals surface area contributed by atoms with Crippen LogP contribution in [0.5, 0.6) is 0 Å². The molecule has 0 aromatic carbocycles. The minimum Gasteiger partial charge on any atom is -0.467 e. The lowest BCUT2D eigenvalue weighted by Crippen LogP contribution is -2.43. The van der Waals surface area contributed by atoms with Gasteiger partial charge in [0.2, 0.25) is 0 Å². The zero-order valence-electron chi connectivity index (χ0n) is 10.9. The third kappa shape index (κ3) is 5.95. The van der Waals surface area contributed by atoms with Crippen molar-refractivity contribution in [3.8, 4) is 0 Å². The van der Waals surface area contributed by atoms with E-state index in [1.807, 2.05) is 12.1 Å². The van der Waals surface area contributed by atoms with Crippen LogP contribution in [0.1, 0.15) is 26.5 Å². The molecule has 4 nitrogen and oxygen atoms in total. The Morgan fingerprint density at radius 3 is 2.59 bits per heavy atom. The van der Waals surface area contributed by atoms with E-state index in [1.54, 1.807) is 13.3 Å². The standard InChI is InChI=1S/C12H21N3O.HI/c1-9(2)10(3)15-12(13-4)14-8-11-6-5-7-16-11;/h5-7,9-10H,8H2,1-4H3,(H2,13,14,15);1H. The lowest BCUT2D eigenvalue weighted by molar-refractivity contribution is 0.473. The fourth-order valence-electron chi connectivity index (χ4n) is 1.16. The maximum atomic E-state index is 5.24. The van der Waals surface area contributed by atoms with Gasteiger partial charge in [-0.25, -0.2) is 0 Å². The van der Waals surface area contributed by atoms with E-state index in [4.69, 9.17) is 4.42 Å². The van der Waals surface area contributed by atoms with Crippen molar-refractivity contribution in [2.24, 2.45) is 10.9 Å². The van der Waals surface area contributed by atoms with Crippen LogP contribution in [0.15, 0.2) is 27.8 Å². The highest BCUT2D eigenvalue weighted by atomic mass is 127. The molecule has 0 spiro atoms. The van der Waals surface area contributed by atoms with E-state index >= 15 is 0 Å². The lowest BCUT2D eigenvalue weighted by Gasteiger charge is -2.20. The second kappa shape index (κ2) is 8.38.